The van der Waals surface area contributed by atoms with E-state index in [1.54, 1.807) is 12.1 Å². The Morgan fingerprint density at radius 2 is 1.88 bits per heavy atom. The van der Waals surface area contributed by atoms with Gasteiger partial charge in [0.15, 0.2) is 11.4 Å². The second kappa shape index (κ2) is 6.25. The third kappa shape index (κ3) is 2.76. The van der Waals surface area contributed by atoms with E-state index >= 15 is 0 Å². The van der Waals surface area contributed by atoms with Crippen LogP contribution in [0.25, 0.3) is 22.1 Å². The molecule has 7 heteroatoms. The molecule has 0 fully saturated rings. The van der Waals surface area contributed by atoms with Gasteiger partial charge in [-0.3, -0.25) is 4.79 Å². The quantitative estimate of drug-likeness (QED) is 0.415. The first kappa shape index (κ1) is 15.7. The van der Waals surface area contributed by atoms with Gasteiger partial charge in [-0.1, -0.05) is 42.1 Å². The number of para-hydroxylation sites is 1. The summed E-state index contributed by atoms with van der Waals surface area (Å²) in [6.07, 6.45) is 0. The molecule has 2 aromatic carbocycles. The van der Waals surface area contributed by atoms with Crippen molar-refractivity contribution >= 4 is 39.6 Å². The summed E-state index contributed by atoms with van der Waals surface area (Å²) >= 11 is 1.15. The third-order valence-electron chi connectivity index (χ3n) is 3.99. The Morgan fingerprint density at radius 3 is 2.72 bits per heavy atom. The molecule has 4 aromatic rings. The smallest absolute Gasteiger partial charge is 0.211 e. The number of halogens is 1. The van der Waals surface area contributed by atoms with Crippen molar-refractivity contribution in [2.24, 2.45) is 7.05 Å². The van der Waals surface area contributed by atoms with Crippen molar-refractivity contribution in [3.8, 4) is 0 Å². The van der Waals surface area contributed by atoms with E-state index in [4.69, 9.17) is 0 Å². The number of ketones is 1. The summed E-state index contributed by atoms with van der Waals surface area (Å²) in [6, 6.07) is 13.8. The number of thioether (sulfide) groups is 1. The predicted octanol–water partition coefficient (Wildman–Crippen LogP) is 3.63. The highest BCUT2D eigenvalue weighted by Gasteiger charge is 2.15. The summed E-state index contributed by atoms with van der Waals surface area (Å²) in [5, 5.41) is 9.74. The molecule has 0 aliphatic rings. The molecule has 0 N–H and O–H groups in total. The SMILES string of the molecule is Cn1c2ccccc2c2nnc(SCC(=O)c3ccccc3F)nc21. The first-order valence-corrected chi connectivity index (χ1v) is 8.62. The van der Waals surface area contributed by atoms with Crippen molar-refractivity contribution in [1.82, 2.24) is 19.7 Å². The summed E-state index contributed by atoms with van der Waals surface area (Å²) < 4.78 is 15.6. The molecular weight excluding hydrogens is 339 g/mol. The first-order valence-electron chi connectivity index (χ1n) is 7.63. The molecule has 0 saturated carbocycles. The van der Waals surface area contributed by atoms with Gasteiger partial charge in [-0.25, -0.2) is 9.37 Å². The highest BCUT2D eigenvalue weighted by Crippen LogP contribution is 2.26. The number of hydrogen-bond acceptors (Lipinski definition) is 5. The minimum atomic E-state index is -0.517. The Hall–Kier alpha value is -2.80. The number of rotatable bonds is 4. The number of aromatic nitrogens is 4. The maximum absolute atomic E-state index is 13.7. The summed E-state index contributed by atoms with van der Waals surface area (Å²) in [6.45, 7) is 0. The van der Waals surface area contributed by atoms with Crippen LogP contribution < -0.4 is 0 Å². The topological polar surface area (TPSA) is 60.7 Å². The molecule has 4 rings (SSSR count). The van der Waals surface area contributed by atoms with Gasteiger partial charge in [0.2, 0.25) is 5.16 Å². The van der Waals surface area contributed by atoms with Gasteiger partial charge in [0, 0.05) is 12.4 Å². The van der Waals surface area contributed by atoms with Crippen LogP contribution in [-0.2, 0) is 7.05 Å². The minimum Gasteiger partial charge on any atom is -0.327 e. The molecule has 2 aromatic heterocycles. The number of nitrogens with zero attached hydrogens (tertiary/aromatic N) is 4. The van der Waals surface area contributed by atoms with E-state index < -0.39 is 5.82 Å². The number of benzene rings is 2. The van der Waals surface area contributed by atoms with Crippen LogP contribution in [0, 0.1) is 5.82 Å². The molecule has 124 valence electrons. The molecule has 25 heavy (non-hydrogen) atoms. The summed E-state index contributed by atoms with van der Waals surface area (Å²) in [5.41, 5.74) is 2.53. The highest BCUT2D eigenvalue weighted by atomic mass is 32.2. The molecule has 0 unspecified atom stereocenters. The molecule has 0 bridgehead atoms. The van der Waals surface area contributed by atoms with E-state index in [1.165, 1.54) is 12.1 Å². The third-order valence-corrected chi connectivity index (χ3v) is 4.83. The number of carbonyl (C=O) groups excluding carboxylic acids is 1. The zero-order valence-electron chi connectivity index (χ0n) is 13.3. The number of carbonyl (C=O) groups is 1. The van der Waals surface area contributed by atoms with Crippen LogP contribution >= 0.6 is 11.8 Å². The van der Waals surface area contributed by atoms with E-state index in [9.17, 15) is 9.18 Å². The Kier molecular flexibility index (Phi) is 3.93. The van der Waals surface area contributed by atoms with Gasteiger partial charge in [-0.05, 0) is 18.2 Å². The van der Waals surface area contributed by atoms with Gasteiger partial charge < -0.3 is 4.57 Å². The van der Waals surface area contributed by atoms with Gasteiger partial charge in [0.1, 0.15) is 11.3 Å². The number of hydrogen-bond donors (Lipinski definition) is 0. The lowest BCUT2D eigenvalue weighted by Gasteiger charge is -2.02. The standard InChI is InChI=1S/C18H13FN4OS/c1-23-14-9-5-3-7-12(14)16-17(23)20-18(22-21-16)25-10-15(24)11-6-2-4-8-13(11)19/h2-9H,10H2,1H3. The normalized spacial score (nSPS) is 11.3. The molecule has 0 aliphatic heterocycles. The summed E-state index contributed by atoms with van der Waals surface area (Å²) in [4.78, 5) is 16.7. The molecule has 0 radical (unpaired) electrons. The first-order chi connectivity index (χ1) is 12.1. The molecule has 0 aliphatic carbocycles. The highest BCUT2D eigenvalue weighted by molar-refractivity contribution is 7.99. The van der Waals surface area contributed by atoms with Gasteiger partial charge in [0.25, 0.3) is 0 Å². The van der Waals surface area contributed by atoms with Crippen LogP contribution in [0.3, 0.4) is 0 Å². The van der Waals surface area contributed by atoms with E-state index in [0.717, 1.165) is 28.2 Å². The van der Waals surface area contributed by atoms with Crippen molar-refractivity contribution in [3.63, 3.8) is 0 Å². The van der Waals surface area contributed by atoms with E-state index in [2.05, 4.69) is 15.2 Å². The summed E-state index contributed by atoms with van der Waals surface area (Å²) in [7, 11) is 1.91. The lowest BCUT2D eigenvalue weighted by molar-refractivity contribution is 0.101. The van der Waals surface area contributed by atoms with Crippen LogP contribution in [0.15, 0.2) is 53.7 Å². The number of aryl methyl sites for hydroxylation is 1. The van der Waals surface area contributed by atoms with Crippen LogP contribution in [0.5, 0.6) is 0 Å². The fourth-order valence-electron chi connectivity index (χ4n) is 2.75. The van der Waals surface area contributed by atoms with E-state index in [0.29, 0.717) is 10.8 Å². The molecular formula is C18H13FN4OS. The average Bonchev–Trinajstić information content (AvgIpc) is 2.93. The van der Waals surface area contributed by atoms with Crippen molar-refractivity contribution in [3.05, 3.63) is 59.9 Å². The maximum Gasteiger partial charge on any atom is 0.211 e. The average molecular weight is 352 g/mol. The van der Waals surface area contributed by atoms with Gasteiger partial charge >= 0.3 is 0 Å². The van der Waals surface area contributed by atoms with Gasteiger partial charge in [-0.2, -0.15) is 0 Å². The lowest BCUT2D eigenvalue weighted by atomic mass is 10.1. The zero-order chi connectivity index (χ0) is 17.4. The second-order valence-electron chi connectivity index (χ2n) is 5.53. The fourth-order valence-corrected chi connectivity index (χ4v) is 3.41. The second-order valence-corrected chi connectivity index (χ2v) is 6.48. The van der Waals surface area contributed by atoms with Crippen LogP contribution in [0.4, 0.5) is 4.39 Å². The van der Waals surface area contributed by atoms with E-state index in [-0.39, 0.29) is 17.1 Å². The minimum absolute atomic E-state index is 0.0536. The molecule has 0 spiro atoms. The number of Topliss-reactive ketones (excluding diaryl/α,β-unsaturated/α-hetero) is 1. The van der Waals surface area contributed by atoms with Crippen LogP contribution in [0.2, 0.25) is 0 Å². The van der Waals surface area contributed by atoms with Crippen molar-refractivity contribution in [1.29, 1.82) is 0 Å². The van der Waals surface area contributed by atoms with Gasteiger partial charge in [0.05, 0.1) is 16.8 Å². The Bertz CT molecular complexity index is 1110. The molecule has 0 amide bonds. The van der Waals surface area contributed by atoms with Crippen molar-refractivity contribution in [2.45, 2.75) is 5.16 Å². The maximum atomic E-state index is 13.7. The van der Waals surface area contributed by atoms with Crippen molar-refractivity contribution < 1.29 is 9.18 Å². The lowest BCUT2D eigenvalue weighted by Crippen LogP contribution is -2.06. The summed E-state index contributed by atoms with van der Waals surface area (Å²) in [5.74, 6) is -0.766. The molecule has 5 nitrogen and oxygen atoms in total. The predicted molar refractivity (Wildman–Crippen MR) is 95.3 cm³/mol. The van der Waals surface area contributed by atoms with E-state index in [1.807, 2.05) is 35.9 Å². The number of fused-ring (bicyclic) bond motifs is 3. The zero-order valence-corrected chi connectivity index (χ0v) is 14.1. The molecule has 2 heterocycles. The Labute approximate surface area is 146 Å². The van der Waals surface area contributed by atoms with Crippen molar-refractivity contribution in [2.75, 3.05) is 5.75 Å². The molecule has 0 saturated heterocycles. The Balaban J connectivity index is 1.62. The van der Waals surface area contributed by atoms with Crippen LogP contribution in [-0.4, -0.2) is 31.3 Å². The largest absolute Gasteiger partial charge is 0.327 e. The monoisotopic (exact) mass is 352 g/mol. The Morgan fingerprint density at radius 1 is 1.12 bits per heavy atom. The fraction of sp³-hybridized carbons (Fsp3) is 0.111. The van der Waals surface area contributed by atoms with Crippen LogP contribution in [0.1, 0.15) is 10.4 Å². The molecule has 0 atom stereocenters. The van der Waals surface area contributed by atoms with Gasteiger partial charge in [-0.15, -0.1) is 10.2 Å².